The average Bonchev–Trinajstić information content (AvgIpc) is 2.81. The Hall–Kier alpha value is -1.20. The molecule has 0 bridgehead atoms. The molecule has 5 heteroatoms. The molecular weight excluding hydrogens is 272 g/mol. The third kappa shape index (κ3) is 3.46. The van der Waals surface area contributed by atoms with Crippen LogP contribution < -0.4 is 10.1 Å². The van der Waals surface area contributed by atoms with Crippen molar-refractivity contribution in [1.29, 1.82) is 0 Å². The van der Waals surface area contributed by atoms with Crippen LogP contribution in [-0.2, 0) is 4.79 Å². The van der Waals surface area contributed by atoms with Crippen LogP contribution in [-0.4, -0.2) is 43.0 Å². The van der Waals surface area contributed by atoms with Crippen molar-refractivity contribution in [3.05, 3.63) is 29.8 Å². The molecular formula is C15H22N2O2S. The molecule has 20 heavy (non-hydrogen) atoms. The molecule has 0 radical (unpaired) electrons. The maximum Gasteiger partial charge on any atom is 0.238 e. The molecule has 0 spiro atoms. The number of methoxy groups -OCH3 is 1. The molecule has 1 aromatic rings. The second kappa shape index (κ2) is 6.99. The maximum absolute atomic E-state index is 12.1. The number of ether oxygens (including phenoxy) is 1. The van der Waals surface area contributed by atoms with Gasteiger partial charge >= 0.3 is 0 Å². The third-order valence-corrected chi connectivity index (χ3v) is 4.37. The Morgan fingerprint density at radius 3 is 2.75 bits per heavy atom. The summed E-state index contributed by atoms with van der Waals surface area (Å²) >= 11 is 1.82. The summed E-state index contributed by atoms with van der Waals surface area (Å²) in [7, 11) is 1.66. The fourth-order valence-electron chi connectivity index (χ4n) is 2.50. The van der Waals surface area contributed by atoms with Gasteiger partial charge < -0.3 is 9.64 Å². The number of rotatable bonds is 6. The van der Waals surface area contributed by atoms with Gasteiger partial charge in [0.25, 0.3) is 0 Å². The minimum atomic E-state index is -0.0160. The minimum Gasteiger partial charge on any atom is -0.497 e. The van der Waals surface area contributed by atoms with Crippen molar-refractivity contribution >= 4 is 17.7 Å². The first kappa shape index (κ1) is 15.2. The standard InChI is InChI=1S/C15H22N2O2S/c1-11(10-20-3)9-17-14(18)8-16-15(17)12-4-6-13(19-2)7-5-12/h4-7,11,15-16H,8-10H2,1-3H3. The van der Waals surface area contributed by atoms with Crippen LogP contribution in [0.2, 0.25) is 0 Å². The molecule has 1 aliphatic rings. The van der Waals surface area contributed by atoms with Gasteiger partial charge in [0.15, 0.2) is 0 Å². The highest BCUT2D eigenvalue weighted by atomic mass is 32.2. The molecule has 2 atom stereocenters. The summed E-state index contributed by atoms with van der Waals surface area (Å²) in [5.74, 6) is 2.58. The molecule has 1 aromatic carbocycles. The lowest BCUT2D eigenvalue weighted by Gasteiger charge is -2.27. The first-order valence-electron chi connectivity index (χ1n) is 6.81. The lowest BCUT2D eigenvalue weighted by molar-refractivity contribution is -0.128. The molecule has 0 aliphatic carbocycles. The first-order valence-corrected chi connectivity index (χ1v) is 8.20. The summed E-state index contributed by atoms with van der Waals surface area (Å²) in [5, 5.41) is 3.29. The second-order valence-electron chi connectivity index (χ2n) is 5.16. The normalized spacial score (nSPS) is 20.2. The molecule has 1 amide bonds. The van der Waals surface area contributed by atoms with Crippen LogP contribution in [0.5, 0.6) is 5.75 Å². The Bertz CT molecular complexity index is 450. The topological polar surface area (TPSA) is 41.6 Å². The van der Waals surface area contributed by atoms with Crippen LogP contribution in [0.3, 0.4) is 0 Å². The fourth-order valence-corrected chi connectivity index (χ4v) is 3.18. The number of nitrogens with zero attached hydrogens (tertiary/aromatic N) is 1. The lowest BCUT2D eigenvalue weighted by Crippen LogP contribution is -2.34. The van der Waals surface area contributed by atoms with E-state index in [1.807, 2.05) is 40.9 Å². The quantitative estimate of drug-likeness (QED) is 0.872. The Labute approximate surface area is 124 Å². The van der Waals surface area contributed by atoms with Crippen molar-refractivity contribution in [2.45, 2.75) is 13.1 Å². The van der Waals surface area contributed by atoms with Crippen LogP contribution in [0, 0.1) is 5.92 Å². The van der Waals surface area contributed by atoms with Crippen LogP contribution in [0.1, 0.15) is 18.7 Å². The van der Waals surface area contributed by atoms with E-state index in [-0.39, 0.29) is 12.1 Å². The van der Waals surface area contributed by atoms with Gasteiger partial charge in [0.1, 0.15) is 11.9 Å². The first-order chi connectivity index (χ1) is 9.65. The maximum atomic E-state index is 12.1. The van der Waals surface area contributed by atoms with Gasteiger partial charge in [-0.15, -0.1) is 0 Å². The molecule has 2 rings (SSSR count). The highest BCUT2D eigenvalue weighted by Crippen LogP contribution is 2.25. The predicted octanol–water partition coefficient (Wildman–Crippen LogP) is 2.12. The number of hydrogen-bond acceptors (Lipinski definition) is 4. The lowest BCUT2D eigenvalue weighted by atomic mass is 10.1. The molecule has 1 heterocycles. The van der Waals surface area contributed by atoms with Gasteiger partial charge in [-0.05, 0) is 35.6 Å². The van der Waals surface area contributed by atoms with Crippen LogP contribution in [0.4, 0.5) is 0 Å². The summed E-state index contributed by atoms with van der Waals surface area (Å²) in [4.78, 5) is 14.0. The molecule has 0 saturated carbocycles. The summed E-state index contributed by atoms with van der Waals surface area (Å²) in [6.07, 6.45) is 2.08. The molecule has 2 unspecified atom stereocenters. The third-order valence-electron chi connectivity index (χ3n) is 3.47. The Morgan fingerprint density at radius 1 is 1.45 bits per heavy atom. The zero-order chi connectivity index (χ0) is 14.5. The smallest absolute Gasteiger partial charge is 0.238 e. The highest BCUT2D eigenvalue weighted by molar-refractivity contribution is 7.98. The van der Waals surface area contributed by atoms with E-state index in [0.717, 1.165) is 23.6 Å². The number of thioether (sulfide) groups is 1. The zero-order valence-electron chi connectivity index (χ0n) is 12.3. The number of hydrogen-bond donors (Lipinski definition) is 1. The molecule has 110 valence electrons. The number of benzene rings is 1. The van der Waals surface area contributed by atoms with Crippen LogP contribution in [0.25, 0.3) is 0 Å². The predicted molar refractivity (Wildman–Crippen MR) is 83.0 cm³/mol. The summed E-state index contributed by atoms with van der Waals surface area (Å²) in [5.41, 5.74) is 1.10. The van der Waals surface area contributed by atoms with E-state index in [2.05, 4.69) is 18.5 Å². The zero-order valence-corrected chi connectivity index (χ0v) is 13.1. The molecule has 1 aliphatic heterocycles. The molecule has 4 nitrogen and oxygen atoms in total. The molecule has 0 aromatic heterocycles. The number of nitrogens with one attached hydrogen (secondary N) is 1. The monoisotopic (exact) mass is 294 g/mol. The van der Waals surface area contributed by atoms with Crippen LogP contribution >= 0.6 is 11.8 Å². The largest absolute Gasteiger partial charge is 0.497 e. The Balaban J connectivity index is 2.10. The number of carbonyl (C=O) groups is 1. The minimum absolute atomic E-state index is 0.0160. The fraction of sp³-hybridized carbons (Fsp3) is 0.533. The van der Waals surface area contributed by atoms with Gasteiger partial charge in [-0.25, -0.2) is 0 Å². The van der Waals surface area contributed by atoms with E-state index in [4.69, 9.17) is 4.74 Å². The van der Waals surface area contributed by atoms with Crippen molar-refractivity contribution in [3.8, 4) is 5.75 Å². The number of carbonyl (C=O) groups excluding carboxylic acids is 1. The van der Waals surface area contributed by atoms with Gasteiger partial charge in [-0.1, -0.05) is 19.1 Å². The van der Waals surface area contributed by atoms with Crippen molar-refractivity contribution in [3.63, 3.8) is 0 Å². The summed E-state index contributed by atoms with van der Waals surface area (Å²) in [6.45, 7) is 3.40. The number of amides is 1. The summed E-state index contributed by atoms with van der Waals surface area (Å²) < 4.78 is 5.17. The SMILES string of the molecule is COc1ccc(C2NCC(=O)N2CC(C)CSC)cc1. The van der Waals surface area contributed by atoms with Gasteiger partial charge in [-0.2, -0.15) is 11.8 Å². The van der Waals surface area contributed by atoms with Gasteiger partial charge in [0, 0.05) is 6.54 Å². The van der Waals surface area contributed by atoms with Gasteiger partial charge in [-0.3, -0.25) is 10.1 Å². The van der Waals surface area contributed by atoms with Crippen LogP contribution in [0.15, 0.2) is 24.3 Å². The second-order valence-corrected chi connectivity index (χ2v) is 6.07. The Kier molecular flexibility index (Phi) is 5.31. The molecule has 1 saturated heterocycles. The van der Waals surface area contributed by atoms with E-state index in [1.165, 1.54) is 0 Å². The summed E-state index contributed by atoms with van der Waals surface area (Å²) in [6, 6.07) is 7.90. The van der Waals surface area contributed by atoms with E-state index < -0.39 is 0 Å². The van der Waals surface area contributed by atoms with Gasteiger partial charge in [0.05, 0.1) is 13.7 Å². The van der Waals surface area contributed by atoms with Crippen molar-refractivity contribution < 1.29 is 9.53 Å². The van der Waals surface area contributed by atoms with Crippen molar-refractivity contribution in [2.24, 2.45) is 5.92 Å². The average molecular weight is 294 g/mol. The van der Waals surface area contributed by atoms with E-state index in [0.29, 0.717) is 12.5 Å². The van der Waals surface area contributed by atoms with Crippen molar-refractivity contribution in [2.75, 3.05) is 32.2 Å². The molecule has 1 N–H and O–H groups in total. The Morgan fingerprint density at radius 2 is 2.15 bits per heavy atom. The highest BCUT2D eigenvalue weighted by Gasteiger charge is 2.32. The van der Waals surface area contributed by atoms with Crippen molar-refractivity contribution in [1.82, 2.24) is 10.2 Å². The van der Waals surface area contributed by atoms with E-state index in [9.17, 15) is 4.79 Å². The molecule has 1 fully saturated rings. The van der Waals surface area contributed by atoms with E-state index >= 15 is 0 Å². The van der Waals surface area contributed by atoms with E-state index in [1.54, 1.807) is 7.11 Å². The van der Waals surface area contributed by atoms with Gasteiger partial charge in [0.2, 0.25) is 5.91 Å².